The number of aromatic nitrogens is 3. The summed E-state index contributed by atoms with van der Waals surface area (Å²) >= 11 is 0. The predicted octanol–water partition coefficient (Wildman–Crippen LogP) is 5.97. The molecule has 0 aliphatic rings. The molecule has 3 aromatic carbocycles. The summed E-state index contributed by atoms with van der Waals surface area (Å²) in [5, 5.41) is 8.98. The molecule has 2 aromatic heterocycles. The Morgan fingerprint density at radius 1 is 0.800 bits per heavy atom. The van der Waals surface area contributed by atoms with Gasteiger partial charge in [0.15, 0.2) is 0 Å². The van der Waals surface area contributed by atoms with Gasteiger partial charge in [-0.05, 0) is 36.4 Å². The molecule has 0 bridgehead atoms. The lowest BCUT2D eigenvalue weighted by Crippen LogP contribution is -2.08. The highest BCUT2D eigenvalue weighted by Gasteiger charge is 2.11. The van der Waals surface area contributed by atoms with Crippen molar-refractivity contribution in [1.82, 2.24) is 14.8 Å². The number of nitrogens with zero attached hydrogens (tertiary/aromatic N) is 3. The van der Waals surface area contributed by atoms with Crippen LogP contribution in [0.5, 0.6) is 0 Å². The number of rotatable bonds is 5. The third-order valence-corrected chi connectivity index (χ3v) is 4.97. The van der Waals surface area contributed by atoms with E-state index >= 15 is 0 Å². The van der Waals surface area contributed by atoms with E-state index in [9.17, 15) is 4.39 Å². The van der Waals surface area contributed by atoms with E-state index in [2.05, 4.69) is 29.6 Å². The van der Waals surface area contributed by atoms with Crippen LogP contribution < -0.4 is 5.32 Å². The van der Waals surface area contributed by atoms with Crippen molar-refractivity contribution in [1.29, 1.82) is 0 Å². The molecule has 5 aromatic rings. The van der Waals surface area contributed by atoms with Crippen LogP contribution in [0, 0.1) is 5.82 Å². The van der Waals surface area contributed by atoms with E-state index in [1.807, 2.05) is 54.7 Å². The minimum Gasteiger partial charge on any atom is -0.366 e. The molecule has 30 heavy (non-hydrogen) atoms. The number of para-hydroxylation sites is 1. The van der Waals surface area contributed by atoms with Gasteiger partial charge in [0.1, 0.15) is 12.5 Å². The third-order valence-electron chi connectivity index (χ3n) is 4.97. The lowest BCUT2D eigenvalue weighted by atomic mass is 10.0. The smallest absolute Gasteiger partial charge is 0.125 e. The molecule has 4 nitrogen and oxygen atoms in total. The molecule has 0 aliphatic carbocycles. The Balaban J connectivity index is 1.50. The monoisotopic (exact) mass is 394 g/mol. The predicted molar refractivity (Wildman–Crippen MR) is 118 cm³/mol. The van der Waals surface area contributed by atoms with Crippen LogP contribution in [0.25, 0.3) is 33.4 Å². The molecule has 0 saturated carbocycles. The highest BCUT2D eigenvalue weighted by atomic mass is 19.1. The van der Waals surface area contributed by atoms with E-state index < -0.39 is 0 Å². The van der Waals surface area contributed by atoms with Crippen molar-refractivity contribution in [3.63, 3.8) is 0 Å². The zero-order valence-corrected chi connectivity index (χ0v) is 16.2. The highest BCUT2D eigenvalue weighted by molar-refractivity contribution is 5.95. The maximum atomic E-state index is 13.4. The quantitative estimate of drug-likeness (QED) is 0.399. The molecule has 5 rings (SSSR count). The van der Waals surface area contributed by atoms with Crippen LogP contribution >= 0.6 is 0 Å². The number of benzene rings is 3. The third kappa shape index (κ3) is 3.65. The van der Waals surface area contributed by atoms with E-state index in [1.165, 1.54) is 12.1 Å². The summed E-state index contributed by atoms with van der Waals surface area (Å²) in [4.78, 5) is 4.84. The molecule has 0 amide bonds. The summed E-state index contributed by atoms with van der Waals surface area (Å²) in [6.45, 7) is 0.442. The number of hydrogen-bond acceptors (Lipinski definition) is 3. The molecule has 5 heteroatoms. The molecule has 0 aliphatic heterocycles. The van der Waals surface area contributed by atoms with Crippen LogP contribution in [0.3, 0.4) is 0 Å². The molecule has 146 valence electrons. The van der Waals surface area contributed by atoms with Crippen LogP contribution in [0.15, 0.2) is 97.2 Å². The molecule has 0 radical (unpaired) electrons. The number of halogens is 1. The molecular formula is C25H19FN4. The van der Waals surface area contributed by atoms with E-state index in [-0.39, 0.29) is 5.82 Å². The molecule has 0 saturated heterocycles. The zero-order chi connectivity index (χ0) is 20.3. The summed E-state index contributed by atoms with van der Waals surface area (Å²) < 4.78 is 15.2. The van der Waals surface area contributed by atoms with Gasteiger partial charge in [0.25, 0.3) is 0 Å². The summed E-state index contributed by atoms with van der Waals surface area (Å²) in [5.74, 6) is -0.266. The molecule has 0 fully saturated rings. The van der Waals surface area contributed by atoms with Crippen molar-refractivity contribution in [2.24, 2.45) is 0 Å². The Labute approximate surface area is 173 Å². The van der Waals surface area contributed by atoms with Gasteiger partial charge >= 0.3 is 0 Å². The van der Waals surface area contributed by atoms with Gasteiger partial charge in [-0.15, -0.1) is 0 Å². The SMILES string of the molecule is Fc1cccc(NCn2ccc(-c3cc(-c4ccccc4)nc4ccccc34)n2)c1. The normalized spacial score (nSPS) is 11.0. The van der Waals surface area contributed by atoms with E-state index in [0.717, 1.165) is 33.4 Å². The number of pyridine rings is 1. The van der Waals surface area contributed by atoms with Gasteiger partial charge in [-0.1, -0.05) is 54.6 Å². The summed E-state index contributed by atoms with van der Waals surface area (Å²) in [5.41, 5.74) is 5.53. The second-order valence-corrected chi connectivity index (χ2v) is 7.02. The van der Waals surface area contributed by atoms with Gasteiger partial charge in [0.2, 0.25) is 0 Å². The van der Waals surface area contributed by atoms with E-state index in [1.54, 1.807) is 10.7 Å². The van der Waals surface area contributed by atoms with E-state index in [0.29, 0.717) is 12.4 Å². The van der Waals surface area contributed by atoms with Crippen LogP contribution in [0.4, 0.5) is 10.1 Å². The summed E-state index contributed by atoms with van der Waals surface area (Å²) in [7, 11) is 0. The first-order chi connectivity index (χ1) is 14.8. The lowest BCUT2D eigenvalue weighted by Gasteiger charge is -2.09. The number of anilines is 1. The standard InChI is InChI=1S/C25H19FN4/c26-19-9-6-10-20(15-19)27-17-30-14-13-24(29-30)22-16-25(18-7-2-1-3-8-18)28-23-12-5-4-11-21(22)23/h1-16,27H,17H2. The zero-order valence-electron chi connectivity index (χ0n) is 16.2. The molecule has 2 heterocycles. The number of fused-ring (bicyclic) bond motifs is 1. The Morgan fingerprint density at radius 2 is 1.63 bits per heavy atom. The van der Waals surface area contributed by atoms with Gasteiger partial charge < -0.3 is 5.32 Å². The van der Waals surface area contributed by atoms with Crippen LogP contribution in [-0.2, 0) is 6.67 Å². The lowest BCUT2D eigenvalue weighted by molar-refractivity contribution is 0.626. The second-order valence-electron chi connectivity index (χ2n) is 7.02. The highest BCUT2D eigenvalue weighted by Crippen LogP contribution is 2.31. The average Bonchev–Trinajstić information content (AvgIpc) is 3.26. The largest absolute Gasteiger partial charge is 0.366 e. The van der Waals surface area contributed by atoms with Crippen LogP contribution in [0.1, 0.15) is 0 Å². The molecule has 0 spiro atoms. The molecule has 0 atom stereocenters. The fourth-order valence-corrected chi connectivity index (χ4v) is 3.51. The number of nitrogens with one attached hydrogen (secondary N) is 1. The Kier molecular flexibility index (Phi) is 4.69. The van der Waals surface area contributed by atoms with Crippen molar-refractivity contribution in [2.75, 3.05) is 5.32 Å². The van der Waals surface area contributed by atoms with Crippen molar-refractivity contribution >= 4 is 16.6 Å². The van der Waals surface area contributed by atoms with Gasteiger partial charge in [-0.3, -0.25) is 4.68 Å². The van der Waals surface area contributed by atoms with E-state index in [4.69, 9.17) is 10.1 Å². The second kappa shape index (κ2) is 7.79. The van der Waals surface area contributed by atoms with Crippen LogP contribution in [-0.4, -0.2) is 14.8 Å². The van der Waals surface area contributed by atoms with Gasteiger partial charge in [0, 0.05) is 28.4 Å². The fraction of sp³-hybridized carbons (Fsp3) is 0.0400. The molecule has 1 N–H and O–H groups in total. The summed E-state index contributed by atoms with van der Waals surface area (Å²) in [6, 6.07) is 28.7. The number of hydrogen-bond donors (Lipinski definition) is 1. The minimum atomic E-state index is -0.266. The fourth-order valence-electron chi connectivity index (χ4n) is 3.51. The Hall–Kier alpha value is -3.99. The average molecular weight is 394 g/mol. The topological polar surface area (TPSA) is 42.7 Å². The van der Waals surface area contributed by atoms with Crippen molar-refractivity contribution in [3.05, 3.63) is 103 Å². The van der Waals surface area contributed by atoms with Crippen LogP contribution in [0.2, 0.25) is 0 Å². The Bertz CT molecular complexity index is 1310. The first-order valence-electron chi connectivity index (χ1n) is 9.75. The van der Waals surface area contributed by atoms with Gasteiger partial charge in [0.05, 0.1) is 16.9 Å². The minimum absolute atomic E-state index is 0.266. The maximum absolute atomic E-state index is 13.4. The Morgan fingerprint density at radius 3 is 2.50 bits per heavy atom. The first kappa shape index (κ1) is 18.1. The first-order valence-corrected chi connectivity index (χ1v) is 9.75. The van der Waals surface area contributed by atoms with Crippen molar-refractivity contribution < 1.29 is 4.39 Å². The molecular weight excluding hydrogens is 375 g/mol. The van der Waals surface area contributed by atoms with Gasteiger partial charge in [-0.25, -0.2) is 9.37 Å². The maximum Gasteiger partial charge on any atom is 0.125 e. The van der Waals surface area contributed by atoms with Crippen molar-refractivity contribution in [2.45, 2.75) is 6.67 Å². The summed E-state index contributed by atoms with van der Waals surface area (Å²) in [6.07, 6.45) is 1.92. The van der Waals surface area contributed by atoms with Gasteiger partial charge in [-0.2, -0.15) is 5.10 Å². The molecule has 0 unspecified atom stereocenters. The van der Waals surface area contributed by atoms with Crippen molar-refractivity contribution in [3.8, 4) is 22.5 Å².